The minimum absolute atomic E-state index is 0.139. The highest BCUT2D eigenvalue weighted by molar-refractivity contribution is 7.94. The summed E-state index contributed by atoms with van der Waals surface area (Å²) in [5.41, 5.74) is 1.86. The van der Waals surface area contributed by atoms with Crippen LogP contribution in [0, 0.1) is 18.3 Å². The summed E-state index contributed by atoms with van der Waals surface area (Å²) in [6, 6.07) is 11.3. The van der Waals surface area contributed by atoms with Crippen LogP contribution in [0.2, 0.25) is 0 Å². The van der Waals surface area contributed by atoms with Gasteiger partial charge in [-0.25, -0.2) is 8.42 Å². The molecule has 2 aromatic heterocycles. The quantitative estimate of drug-likeness (QED) is 0.564. The molecular weight excluding hydrogens is 424 g/mol. The summed E-state index contributed by atoms with van der Waals surface area (Å²) in [7, 11) is -3.76. The van der Waals surface area contributed by atoms with E-state index in [0.29, 0.717) is 39.7 Å². The molecule has 0 bridgehead atoms. The fourth-order valence-corrected chi connectivity index (χ4v) is 4.71. The summed E-state index contributed by atoms with van der Waals surface area (Å²) >= 11 is 1.08. The minimum atomic E-state index is -3.76. The molecule has 2 N–H and O–H groups in total. The average Bonchev–Trinajstić information content (AvgIpc) is 3.34. The van der Waals surface area contributed by atoms with Crippen LogP contribution in [0.3, 0.4) is 0 Å². The molecule has 0 radical (unpaired) electrons. The molecule has 0 atom stereocenters. The van der Waals surface area contributed by atoms with Crippen LogP contribution in [0.25, 0.3) is 12.2 Å². The van der Waals surface area contributed by atoms with Gasteiger partial charge in [-0.1, -0.05) is 12.1 Å². The van der Waals surface area contributed by atoms with Gasteiger partial charge in [0.2, 0.25) is 5.91 Å². The minimum Gasteiger partial charge on any atom is -0.354 e. The molecule has 30 heavy (non-hydrogen) atoms. The van der Waals surface area contributed by atoms with Crippen molar-refractivity contribution in [2.45, 2.75) is 24.5 Å². The van der Waals surface area contributed by atoms with Crippen molar-refractivity contribution in [2.75, 3.05) is 10.0 Å². The topological polar surface area (TPSA) is 125 Å². The molecule has 1 amide bonds. The van der Waals surface area contributed by atoms with Gasteiger partial charge < -0.3 is 9.84 Å². The van der Waals surface area contributed by atoms with Gasteiger partial charge in [0.05, 0.1) is 11.6 Å². The molecule has 10 heteroatoms. The van der Waals surface area contributed by atoms with Crippen molar-refractivity contribution in [2.24, 2.45) is 0 Å². The number of aromatic nitrogens is 1. The van der Waals surface area contributed by atoms with Gasteiger partial charge in [0.1, 0.15) is 15.6 Å². The smallest absolute Gasteiger partial charge is 0.271 e. The highest BCUT2D eigenvalue weighted by Crippen LogP contribution is 2.27. The number of nitrogens with zero attached hydrogens (tertiary/aromatic N) is 2. The van der Waals surface area contributed by atoms with Gasteiger partial charge in [-0.15, -0.1) is 11.3 Å². The summed E-state index contributed by atoms with van der Waals surface area (Å²) in [5.74, 6) is 0.220. The van der Waals surface area contributed by atoms with Gasteiger partial charge in [0, 0.05) is 17.0 Å². The number of hydrogen-bond acceptors (Lipinski definition) is 7. The number of nitriles is 1. The number of sulfonamides is 1. The van der Waals surface area contributed by atoms with Gasteiger partial charge >= 0.3 is 0 Å². The molecule has 8 nitrogen and oxygen atoms in total. The van der Waals surface area contributed by atoms with Crippen molar-refractivity contribution in [1.29, 1.82) is 5.26 Å². The van der Waals surface area contributed by atoms with Crippen molar-refractivity contribution < 1.29 is 17.7 Å². The summed E-state index contributed by atoms with van der Waals surface area (Å²) in [4.78, 5) is 12.3. The van der Waals surface area contributed by atoms with Crippen LogP contribution in [0.1, 0.15) is 35.2 Å². The molecule has 0 spiro atoms. The predicted octanol–water partition coefficient (Wildman–Crippen LogP) is 4.24. The molecule has 0 aliphatic heterocycles. The molecule has 0 aliphatic rings. The number of nitrogens with one attached hydrogen (secondary N) is 2. The van der Waals surface area contributed by atoms with E-state index in [1.165, 1.54) is 30.3 Å². The van der Waals surface area contributed by atoms with Crippen molar-refractivity contribution in [3.05, 3.63) is 58.3 Å². The SMILES string of the molecule is CCC(=O)Nc1c(C)noc1C=Cc1ccc(S(=O)(=O)Nc2ccc(C#N)cc2)s1. The van der Waals surface area contributed by atoms with Gasteiger partial charge in [-0.3, -0.25) is 9.52 Å². The van der Waals surface area contributed by atoms with Crippen LogP contribution in [0.5, 0.6) is 0 Å². The first-order valence-electron chi connectivity index (χ1n) is 8.89. The molecule has 2 heterocycles. The second-order valence-electron chi connectivity index (χ2n) is 6.19. The Labute approximate surface area is 177 Å². The third kappa shape index (κ3) is 4.94. The van der Waals surface area contributed by atoms with Gasteiger partial charge in [-0.05, 0) is 55.5 Å². The van der Waals surface area contributed by atoms with Crippen molar-refractivity contribution in [1.82, 2.24) is 5.16 Å². The van der Waals surface area contributed by atoms with E-state index in [-0.39, 0.29) is 10.1 Å². The largest absolute Gasteiger partial charge is 0.354 e. The fraction of sp³-hybridized carbons (Fsp3) is 0.150. The Bertz CT molecular complexity index is 1230. The number of amides is 1. The van der Waals surface area contributed by atoms with Crippen LogP contribution in [-0.4, -0.2) is 19.5 Å². The first-order chi connectivity index (χ1) is 14.3. The van der Waals surface area contributed by atoms with Crippen molar-refractivity contribution >= 4 is 50.8 Å². The molecule has 3 rings (SSSR count). The molecular formula is C20H18N4O4S2. The van der Waals surface area contributed by atoms with Crippen LogP contribution < -0.4 is 10.0 Å². The lowest BCUT2D eigenvalue weighted by Gasteiger charge is -2.05. The zero-order valence-electron chi connectivity index (χ0n) is 16.2. The molecule has 0 saturated heterocycles. The monoisotopic (exact) mass is 442 g/mol. The average molecular weight is 443 g/mol. The Hall–Kier alpha value is -3.42. The molecule has 0 aliphatic carbocycles. The van der Waals surface area contributed by atoms with E-state index >= 15 is 0 Å². The van der Waals surface area contributed by atoms with Crippen LogP contribution >= 0.6 is 11.3 Å². The number of rotatable bonds is 7. The summed E-state index contributed by atoms with van der Waals surface area (Å²) in [5, 5.41) is 15.4. The number of carbonyl (C=O) groups is 1. The molecule has 0 fully saturated rings. The maximum absolute atomic E-state index is 12.6. The van der Waals surface area contributed by atoms with E-state index in [4.69, 9.17) is 9.78 Å². The molecule has 154 valence electrons. The lowest BCUT2D eigenvalue weighted by molar-refractivity contribution is -0.115. The van der Waals surface area contributed by atoms with E-state index in [1.54, 1.807) is 32.1 Å². The molecule has 0 unspecified atom stereocenters. The Morgan fingerprint density at radius 3 is 2.63 bits per heavy atom. The standard InChI is InChI=1S/C20H18N4O4S2/c1-3-18(25)22-20-13(2)23-28-17(20)10-8-16-9-11-19(29-16)30(26,27)24-15-6-4-14(12-21)5-7-15/h4-11,24H,3H2,1-2H3,(H,22,25). The second-order valence-corrected chi connectivity index (χ2v) is 9.22. The number of anilines is 2. The zero-order chi connectivity index (χ0) is 21.7. The first-order valence-corrected chi connectivity index (χ1v) is 11.2. The highest BCUT2D eigenvalue weighted by Gasteiger charge is 2.17. The van der Waals surface area contributed by atoms with Crippen LogP contribution in [0.4, 0.5) is 11.4 Å². The molecule has 3 aromatic rings. The Morgan fingerprint density at radius 1 is 1.23 bits per heavy atom. The normalized spacial score (nSPS) is 11.4. The number of aryl methyl sites for hydroxylation is 1. The number of carbonyl (C=O) groups excluding carboxylic acids is 1. The van der Waals surface area contributed by atoms with E-state index in [9.17, 15) is 13.2 Å². The van der Waals surface area contributed by atoms with E-state index < -0.39 is 10.0 Å². The summed E-state index contributed by atoms with van der Waals surface area (Å²) in [6.45, 7) is 3.46. The number of hydrogen-bond donors (Lipinski definition) is 2. The van der Waals surface area contributed by atoms with Gasteiger partial charge in [-0.2, -0.15) is 5.26 Å². The van der Waals surface area contributed by atoms with E-state index in [1.807, 2.05) is 6.07 Å². The first kappa shape index (κ1) is 21.3. The number of benzene rings is 1. The van der Waals surface area contributed by atoms with E-state index in [2.05, 4.69) is 15.2 Å². The Balaban J connectivity index is 1.76. The summed E-state index contributed by atoms with van der Waals surface area (Å²) in [6.07, 6.45) is 3.64. The zero-order valence-corrected chi connectivity index (χ0v) is 17.8. The predicted molar refractivity (Wildman–Crippen MR) is 115 cm³/mol. The van der Waals surface area contributed by atoms with Gasteiger partial charge in [0.15, 0.2) is 5.76 Å². The van der Waals surface area contributed by atoms with Gasteiger partial charge in [0.25, 0.3) is 10.0 Å². The summed E-state index contributed by atoms with van der Waals surface area (Å²) < 4.78 is 33.0. The fourth-order valence-electron chi connectivity index (χ4n) is 2.43. The lowest BCUT2D eigenvalue weighted by Crippen LogP contribution is -2.11. The maximum atomic E-state index is 12.6. The third-order valence-corrected chi connectivity index (χ3v) is 6.93. The second kappa shape index (κ2) is 8.94. The molecule has 0 saturated carbocycles. The molecule has 1 aromatic carbocycles. The van der Waals surface area contributed by atoms with Crippen LogP contribution in [-0.2, 0) is 14.8 Å². The van der Waals surface area contributed by atoms with Crippen molar-refractivity contribution in [3.8, 4) is 6.07 Å². The van der Waals surface area contributed by atoms with Crippen molar-refractivity contribution in [3.63, 3.8) is 0 Å². The number of thiophene rings is 1. The Kier molecular flexibility index (Phi) is 6.34. The Morgan fingerprint density at radius 2 is 1.97 bits per heavy atom. The lowest BCUT2D eigenvalue weighted by atomic mass is 10.2. The third-order valence-electron chi connectivity index (χ3n) is 4.01. The maximum Gasteiger partial charge on any atom is 0.271 e. The highest BCUT2D eigenvalue weighted by atomic mass is 32.2. The van der Waals surface area contributed by atoms with Crippen LogP contribution in [0.15, 0.2) is 45.1 Å². The van der Waals surface area contributed by atoms with E-state index in [0.717, 1.165) is 11.3 Å².